The zero-order chi connectivity index (χ0) is 54.2. The summed E-state index contributed by atoms with van der Waals surface area (Å²) >= 11 is 0. The monoisotopic (exact) mass is 1020 g/mol. The minimum absolute atomic E-state index is 0.0208. The predicted molar refractivity (Wildman–Crippen MR) is 271 cm³/mol. The summed E-state index contributed by atoms with van der Waals surface area (Å²) in [5.74, 6) is -8.13. The third-order valence-corrected chi connectivity index (χ3v) is 11.9. The molecule has 3 aromatic rings. The number of carbonyl (C=O) groups is 9. The number of imidazole rings is 1. The highest BCUT2D eigenvalue weighted by Gasteiger charge is 2.35. The van der Waals surface area contributed by atoms with Crippen LogP contribution in [0.15, 0.2) is 43.0 Å². The van der Waals surface area contributed by atoms with Crippen molar-refractivity contribution in [2.24, 2.45) is 29.0 Å². The van der Waals surface area contributed by atoms with E-state index in [1.807, 2.05) is 32.0 Å². The SMILES string of the molecule is CC(C)C[C@H](NC(=O)[C@H](Cc1c[nH]c2ccccc12)NC(=O)[C@H](Cc1cnc[nH]1)NC(=O)[C@H](CCCCN)NC(=O)[C@H](CCC(=O)O)NC(=O)[C@H](CCCCN)NC(=O)[C@H](C)NC(=O)[C@@H](N)CC(C)C)C(=O)O. The van der Waals surface area contributed by atoms with Gasteiger partial charge in [-0.25, -0.2) is 9.78 Å². The normalized spacial score (nSPS) is 14.7. The van der Waals surface area contributed by atoms with E-state index in [1.54, 1.807) is 26.1 Å². The number of aromatic nitrogens is 3. The number of rotatable bonds is 34. The predicted octanol–water partition coefficient (Wildman–Crippen LogP) is -0.283. The molecular weight excluding hydrogens is 947 g/mol. The van der Waals surface area contributed by atoms with Gasteiger partial charge in [0.2, 0.25) is 41.4 Å². The Morgan fingerprint density at radius 2 is 1.07 bits per heavy atom. The van der Waals surface area contributed by atoms with Crippen LogP contribution in [0.5, 0.6) is 0 Å². The Bertz CT molecular complexity index is 2290. The van der Waals surface area contributed by atoms with Gasteiger partial charge in [0, 0.05) is 48.3 Å². The van der Waals surface area contributed by atoms with Crippen LogP contribution in [-0.4, -0.2) is 140 Å². The van der Waals surface area contributed by atoms with Crippen molar-refractivity contribution in [1.29, 1.82) is 0 Å². The molecule has 0 aliphatic carbocycles. The average molecular weight is 1020 g/mol. The Hall–Kier alpha value is -6.92. The largest absolute Gasteiger partial charge is 0.481 e. The van der Waals surface area contributed by atoms with Crippen LogP contribution in [0, 0.1) is 11.8 Å². The molecule has 73 heavy (non-hydrogen) atoms. The van der Waals surface area contributed by atoms with Crippen molar-refractivity contribution in [3.8, 4) is 0 Å². The van der Waals surface area contributed by atoms with E-state index in [9.17, 15) is 53.4 Å². The fourth-order valence-corrected chi connectivity index (χ4v) is 7.97. The number of benzene rings is 1. The van der Waals surface area contributed by atoms with Gasteiger partial charge in [-0.3, -0.25) is 38.4 Å². The molecule has 0 saturated heterocycles. The number of unbranched alkanes of at least 4 members (excludes halogenated alkanes) is 2. The first-order valence-electron chi connectivity index (χ1n) is 24.9. The van der Waals surface area contributed by atoms with Gasteiger partial charge in [-0.15, -0.1) is 0 Å². The number of carbonyl (C=O) groups excluding carboxylic acids is 7. The molecule has 2 heterocycles. The van der Waals surface area contributed by atoms with Gasteiger partial charge in [0.25, 0.3) is 0 Å². The molecule has 0 bridgehead atoms. The van der Waals surface area contributed by atoms with Crippen molar-refractivity contribution >= 4 is 64.2 Å². The van der Waals surface area contributed by atoms with E-state index in [2.05, 4.69) is 52.2 Å². The van der Waals surface area contributed by atoms with Crippen LogP contribution in [0.4, 0.5) is 0 Å². The number of fused-ring (bicyclic) bond motifs is 1. The quantitative estimate of drug-likeness (QED) is 0.0342. The van der Waals surface area contributed by atoms with E-state index in [0.717, 1.165) is 10.9 Å². The number of amides is 7. The highest BCUT2D eigenvalue weighted by atomic mass is 16.4. The average Bonchev–Trinajstić information content (AvgIpc) is 4.01. The second-order valence-corrected chi connectivity index (χ2v) is 19.1. The number of nitrogens with two attached hydrogens (primary N) is 3. The first-order valence-corrected chi connectivity index (χ1v) is 24.9. The maximum Gasteiger partial charge on any atom is 0.326 e. The van der Waals surface area contributed by atoms with E-state index < -0.39 is 114 Å². The van der Waals surface area contributed by atoms with Crippen molar-refractivity contribution in [1.82, 2.24) is 52.2 Å². The molecule has 0 saturated carbocycles. The summed E-state index contributed by atoms with van der Waals surface area (Å²) < 4.78 is 0. The number of nitrogens with zero attached hydrogens (tertiary/aromatic N) is 1. The maximum atomic E-state index is 14.5. The van der Waals surface area contributed by atoms with Crippen LogP contribution < -0.4 is 54.4 Å². The second kappa shape index (κ2) is 30.8. The van der Waals surface area contributed by atoms with Crippen molar-refractivity contribution < 1.29 is 53.4 Å². The molecule has 2 aromatic heterocycles. The van der Waals surface area contributed by atoms with Gasteiger partial charge >= 0.3 is 11.9 Å². The van der Waals surface area contributed by atoms with Crippen molar-refractivity contribution in [2.75, 3.05) is 13.1 Å². The number of H-pyrrole nitrogens is 2. The first-order chi connectivity index (χ1) is 34.6. The molecule has 0 aliphatic rings. The molecule has 3 rings (SSSR count). The van der Waals surface area contributed by atoms with E-state index in [4.69, 9.17) is 17.2 Å². The minimum Gasteiger partial charge on any atom is -0.481 e. The lowest BCUT2D eigenvalue weighted by Crippen LogP contribution is -2.60. The Morgan fingerprint density at radius 3 is 1.58 bits per heavy atom. The molecule has 7 amide bonds. The van der Waals surface area contributed by atoms with Crippen molar-refractivity contribution in [2.45, 2.75) is 160 Å². The van der Waals surface area contributed by atoms with Crippen molar-refractivity contribution in [3.05, 3.63) is 54.2 Å². The standard InChI is InChI=1S/C49H77N13O11/c1-27(2)20-33(52)43(66)56-29(5)42(65)57-35(14-8-10-18-50)44(67)59-37(16-17-41(63)64)46(69)58-36(15-9-11-19-51)45(68)61-39(23-31-25-53-26-55-31)48(71)60-38(47(70)62-40(49(72)73)21-28(3)4)22-30-24-54-34-13-7-6-12-32(30)34/h6-7,12-13,24-29,33,35-40,54H,8-11,14-23,50-52H2,1-5H3,(H,53,55)(H,56,66)(H,57,65)(H,58,69)(H,59,67)(H,60,71)(H,61,68)(H,62,70)(H,63,64)(H,72,73)/t29-,33-,35-,36-,37-,38-,39-,40-/m0/s1. The second-order valence-electron chi connectivity index (χ2n) is 19.1. The van der Waals surface area contributed by atoms with Crippen LogP contribution in [0.2, 0.25) is 0 Å². The Labute approximate surface area is 425 Å². The summed E-state index contributed by atoms with van der Waals surface area (Å²) in [6.07, 6.45) is 5.25. The van der Waals surface area contributed by atoms with Crippen LogP contribution in [0.1, 0.15) is 110 Å². The topological polar surface area (TPSA) is 401 Å². The van der Waals surface area contributed by atoms with Crippen molar-refractivity contribution in [3.63, 3.8) is 0 Å². The number of para-hydroxylation sites is 1. The fraction of sp³-hybridized carbons (Fsp3) is 0.592. The van der Waals surface area contributed by atoms with Crippen LogP contribution in [0.25, 0.3) is 10.9 Å². The molecule has 1 aromatic carbocycles. The highest BCUT2D eigenvalue weighted by Crippen LogP contribution is 2.20. The summed E-state index contributed by atoms with van der Waals surface area (Å²) in [7, 11) is 0. The summed E-state index contributed by atoms with van der Waals surface area (Å²) in [5.41, 5.74) is 19.3. The number of nitrogens with one attached hydrogen (secondary N) is 9. The molecule has 0 radical (unpaired) electrons. The van der Waals surface area contributed by atoms with Gasteiger partial charge in [-0.2, -0.15) is 0 Å². The van der Waals surface area contributed by atoms with Gasteiger partial charge in [-0.05, 0) is 101 Å². The number of hydrogen-bond donors (Lipinski definition) is 14. The molecular formula is C49H77N13O11. The third-order valence-electron chi connectivity index (χ3n) is 11.9. The molecule has 404 valence electrons. The Balaban J connectivity index is 1.93. The lowest BCUT2D eigenvalue weighted by Gasteiger charge is -2.28. The van der Waals surface area contributed by atoms with Crippen LogP contribution in [-0.2, 0) is 56.0 Å². The van der Waals surface area contributed by atoms with Gasteiger partial charge in [0.05, 0.1) is 12.4 Å². The van der Waals surface area contributed by atoms with E-state index in [-0.39, 0.29) is 57.0 Å². The molecule has 17 N–H and O–H groups in total. The molecule has 0 unspecified atom stereocenters. The number of carboxylic acids is 2. The molecule has 0 spiro atoms. The van der Waals surface area contributed by atoms with Gasteiger partial charge in [0.1, 0.15) is 42.3 Å². The summed E-state index contributed by atoms with van der Waals surface area (Å²) in [5, 5.41) is 38.7. The van der Waals surface area contributed by atoms with Gasteiger partial charge < -0.3 is 74.6 Å². The Morgan fingerprint density at radius 1 is 0.575 bits per heavy atom. The zero-order valence-corrected chi connectivity index (χ0v) is 42.5. The zero-order valence-electron chi connectivity index (χ0n) is 42.5. The first kappa shape index (κ1) is 60.4. The lowest BCUT2D eigenvalue weighted by atomic mass is 10.0. The smallest absolute Gasteiger partial charge is 0.326 e. The lowest BCUT2D eigenvalue weighted by molar-refractivity contribution is -0.143. The Kier molecular flexibility index (Phi) is 25.5. The van der Waals surface area contributed by atoms with Gasteiger partial charge in [-0.1, -0.05) is 45.9 Å². The fourth-order valence-electron chi connectivity index (χ4n) is 7.97. The number of aliphatic carboxylic acids is 2. The third kappa shape index (κ3) is 21.0. The van der Waals surface area contributed by atoms with Gasteiger partial charge in [0.15, 0.2) is 0 Å². The number of carboxylic acid groups (broad SMARTS) is 2. The molecule has 24 heteroatoms. The minimum atomic E-state index is -1.55. The highest BCUT2D eigenvalue weighted by molar-refractivity contribution is 5.98. The molecule has 0 aliphatic heterocycles. The van der Waals surface area contributed by atoms with E-state index in [0.29, 0.717) is 43.4 Å². The summed E-state index contributed by atoms with van der Waals surface area (Å²) in [6.45, 7) is 9.30. The summed E-state index contributed by atoms with van der Waals surface area (Å²) in [4.78, 5) is 131. The maximum absolute atomic E-state index is 14.5. The van der Waals surface area contributed by atoms with E-state index in [1.165, 1.54) is 19.4 Å². The van der Waals surface area contributed by atoms with Crippen LogP contribution in [0.3, 0.4) is 0 Å². The van der Waals surface area contributed by atoms with E-state index >= 15 is 0 Å². The van der Waals surface area contributed by atoms with Crippen LogP contribution >= 0.6 is 0 Å². The molecule has 24 nitrogen and oxygen atoms in total. The molecule has 8 atom stereocenters. The number of hydrogen-bond acceptors (Lipinski definition) is 13. The molecule has 0 fully saturated rings. The summed E-state index contributed by atoms with van der Waals surface area (Å²) in [6, 6.07) is -2.97. The number of aromatic amines is 2.